The Morgan fingerprint density at radius 1 is 1.22 bits per heavy atom. The number of anilines is 1. The molecular formula is C19H13Cl2NO5. The van der Waals surface area contributed by atoms with E-state index in [1.807, 2.05) is 0 Å². The number of rotatable bonds is 4. The molecule has 0 spiro atoms. The second-order valence-electron chi connectivity index (χ2n) is 6.21. The summed E-state index contributed by atoms with van der Waals surface area (Å²) in [5.74, 6) is 0.0759. The van der Waals surface area contributed by atoms with Gasteiger partial charge in [0.15, 0.2) is 22.9 Å². The smallest absolute Gasteiger partial charge is 0.261 e. The number of hydrogen-bond acceptors (Lipinski definition) is 5. The van der Waals surface area contributed by atoms with Gasteiger partial charge in [0.2, 0.25) is 6.79 Å². The van der Waals surface area contributed by atoms with Crippen molar-refractivity contribution in [3.05, 3.63) is 57.6 Å². The van der Waals surface area contributed by atoms with Crippen LogP contribution in [0.15, 0.2) is 36.4 Å². The van der Waals surface area contributed by atoms with E-state index in [9.17, 15) is 14.7 Å². The molecule has 138 valence electrons. The fourth-order valence-electron chi connectivity index (χ4n) is 3.12. The molecule has 2 heterocycles. The van der Waals surface area contributed by atoms with Gasteiger partial charge in [-0.15, -0.1) is 0 Å². The van der Waals surface area contributed by atoms with Crippen LogP contribution in [0, 0.1) is 0 Å². The Morgan fingerprint density at radius 3 is 2.81 bits per heavy atom. The number of ether oxygens (including phenoxy) is 2. The average Bonchev–Trinajstić information content (AvgIpc) is 3.15. The minimum Gasteiger partial charge on any atom is -0.454 e. The van der Waals surface area contributed by atoms with Gasteiger partial charge in [0.25, 0.3) is 5.91 Å². The fourth-order valence-corrected chi connectivity index (χ4v) is 3.77. The van der Waals surface area contributed by atoms with E-state index in [2.05, 4.69) is 5.32 Å². The largest absolute Gasteiger partial charge is 0.454 e. The number of carbonyl (C=O) groups is 2. The molecule has 0 saturated heterocycles. The second kappa shape index (κ2) is 6.56. The highest BCUT2D eigenvalue weighted by molar-refractivity contribution is 6.36. The van der Waals surface area contributed by atoms with Gasteiger partial charge in [-0.2, -0.15) is 0 Å². The number of nitrogens with one attached hydrogen (secondary N) is 1. The maximum absolute atomic E-state index is 12.4. The molecule has 0 fully saturated rings. The number of fused-ring (bicyclic) bond motifs is 2. The van der Waals surface area contributed by atoms with Crippen molar-refractivity contribution in [3.63, 3.8) is 0 Å². The molecule has 0 bridgehead atoms. The minimum atomic E-state index is -2.05. The van der Waals surface area contributed by atoms with Gasteiger partial charge in [0.1, 0.15) is 0 Å². The predicted octanol–water partition coefficient (Wildman–Crippen LogP) is 3.53. The van der Waals surface area contributed by atoms with E-state index in [4.69, 9.17) is 32.7 Å². The van der Waals surface area contributed by atoms with Crippen LogP contribution in [-0.2, 0) is 15.2 Å². The standard InChI is InChI=1S/C19H13Cl2NO5/c20-11-6-13(21)17-14(7-11)22-18(24)19(17,25)8-12(23)3-1-10-2-4-15-16(5-10)27-9-26-15/h1-7,25H,8-9H2,(H,22,24)/b3-1+. The molecule has 2 aliphatic heterocycles. The first-order chi connectivity index (χ1) is 12.9. The molecule has 1 unspecified atom stereocenters. The Hall–Kier alpha value is -2.54. The van der Waals surface area contributed by atoms with Gasteiger partial charge in [-0.1, -0.05) is 35.3 Å². The van der Waals surface area contributed by atoms with E-state index >= 15 is 0 Å². The van der Waals surface area contributed by atoms with Crippen molar-refractivity contribution >= 4 is 46.7 Å². The lowest BCUT2D eigenvalue weighted by molar-refractivity contribution is -0.138. The summed E-state index contributed by atoms with van der Waals surface area (Å²) in [4.78, 5) is 24.7. The summed E-state index contributed by atoms with van der Waals surface area (Å²) >= 11 is 12.1. The lowest BCUT2D eigenvalue weighted by Crippen LogP contribution is -2.36. The lowest BCUT2D eigenvalue weighted by atomic mass is 9.89. The van der Waals surface area contributed by atoms with E-state index in [1.54, 1.807) is 24.3 Å². The Bertz CT molecular complexity index is 1000. The topological polar surface area (TPSA) is 84.9 Å². The number of allylic oxidation sites excluding steroid dienone is 1. The first-order valence-corrected chi connectivity index (χ1v) is 8.76. The third kappa shape index (κ3) is 3.16. The zero-order valence-corrected chi connectivity index (χ0v) is 15.3. The average molecular weight is 406 g/mol. The van der Waals surface area contributed by atoms with Crippen LogP contribution in [0.5, 0.6) is 11.5 Å². The van der Waals surface area contributed by atoms with Crippen LogP contribution >= 0.6 is 23.2 Å². The van der Waals surface area contributed by atoms with Gasteiger partial charge in [-0.25, -0.2) is 0 Å². The summed E-state index contributed by atoms with van der Waals surface area (Å²) in [7, 11) is 0. The maximum atomic E-state index is 12.4. The Balaban J connectivity index is 1.55. The van der Waals surface area contributed by atoms with Gasteiger partial charge in [-0.3, -0.25) is 9.59 Å². The monoisotopic (exact) mass is 405 g/mol. The number of hydrogen-bond donors (Lipinski definition) is 2. The van der Waals surface area contributed by atoms with Crippen LogP contribution in [0.1, 0.15) is 17.5 Å². The third-order valence-corrected chi connectivity index (χ3v) is 4.90. The quantitative estimate of drug-likeness (QED) is 0.759. The zero-order chi connectivity index (χ0) is 19.2. The number of halogens is 2. The Kier molecular flexibility index (Phi) is 4.34. The van der Waals surface area contributed by atoms with E-state index in [1.165, 1.54) is 18.2 Å². The SMILES string of the molecule is O=C(/C=C/c1ccc2c(c1)OCO2)CC1(O)C(=O)Nc2cc(Cl)cc(Cl)c21. The first kappa shape index (κ1) is 17.9. The summed E-state index contributed by atoms with van der Waals surface area (Å²) in [6, 6.07) is 8.13. The van der Waals surface area contributed by atoms with Crippen LogP contribution in [0.3, 0.4) is 0 Å². The van der Waals surface area contributed by atoms with E-state index in [-0.39, 0.29) is 17.4 Å². The fraction of sp³-hybridized carbons (Fsp3) is 0.158. The molecule has 2 aromatic rings. The van der Waals surface area contributed by atoms with Crippen molar-refractivity contribution in [2.75, 3.05) is 12.1 Å². The molecule has 0 aliphatic carbocycles. The third-order valence-electron chi connectivity index (χ3n) is 4.38. The molecule has 2 N–H and O–H groups in total. The predicted molar refractivity (Wildman–Crippen MR) is 100 cm³/mol. The molecule has 27 heavy (non-hydrogen) atoms. The van der Waals surface area contributed by atoms with E-state index in [0.717, 1.165) is 5.56 Å². The number of aliphatic hydroxyl groups is 1. The molecule has 6 nitrogen and oxygen atoms in total. The van der Waals surface area contributed by atoms with Gasteiger partial charge < -0.3 is 19.9 Å². The maximum Gasteiger partial charge on any atom is 0.261 e. The number of benzene rings is 2. The molecule has 1 amide bonds. The molecule has 0 aromatic heterocycles. The van der Waals surface area contributed by atoms with Crippen molar-refractivity contribution < 1.29 is 24.2 Å². The van der Waals surface area contributed by atoms with Crippen molar-refractivity contribution in [1.29, 1.82) is 0 Å². The van der Waals surface area contributed by atoms with Crippen LogP contribution in [0.4, 0.5) is 5.69 Å². The summed E-state index contributed by atoms with van der Waals surface area (Å²) in [6.45, 7) is 0.160. The minimum absolute atomic E-state index is 0.117. The highest BCUT2D eigenvalue weighted by Crippen LogP contribution is 2.44. The molecule has 2 aromatic carbocycles. The van der Waals surface area contributed by atoms with Crippen molar-refractivity contribution in [2.24, 2.45) is 0 Å². The number of carbonyl (C=O) groups excluding carboxylic acids is 2. The lowest BCUT2D eigenvalue weighted by Gasteiger charge is -2.20. The Morgan fingerprint density at radius 2 is 2.00 bits per heavy atom. The summed E-state index contributed by atoms with van der Waals surface area (Å²) in [5, 5.41) is 13.8. The summed E-state index contributed by atoms with van der Waals surface area (Å²) in [6.07, 6.45) is 2.42. The van der Waals surface area contributed by atoms with Gasteiger partial charge in [-0.05, 0) is 35.9 Å². The van der Waals surface area contributed by atoms with E-state index < -0.39 is 23.7 Å². The normalized spacial score (nSPS) is 20.0. The van der Waals surface area contributed by atoms with Crippen LogP contribution in [0.2, 0.25) is 10.0 Å². The highest BCUT2D eigenvalue weighted by atomic mass is 35.5. The second-order valence-corrected chi connectivity index (χ2v) is 7.06. The summed E-state index contributed by atoms with van der Waals surface area (Å²) < 4.78 is 10.5. The molecule has 2 aliphatic rings. The molecule has 0 saturated carbocycles. The van der Waals surface area contributed by atoms with Crippen LogP contribution in [0.25, 0.3) is 6.08 Å². The van der Waals surface area contributed by atoms with Crippen molar-refractivity contribution in [3.8, 4) is 11.5 Å². The number of ketones is 1. The van der Waals surface area contributed by atoms with Gasteiger partial charge in [0, 0.05) is 10.6 Å². The van der Waals surface area contributed by atoms with Crippen LogP contribution < -0.4 is 14.8 Å². The summed E-state index contributed by atoms with van der Waals surface area (Å²) in [5.41, 5.74) is -0.871. The molecule has 1 atom stereocenters. The van der Waals surface area contributed by atoms with Gasteiger partial charge >= 0.3 is 0 Å². The highest BCUT2D eigenvalue weighted by Gasteiger charge is 2.48. The van der Waals surface area contributed by atoms with Crippen molar-refractivity contribution in [2.45, 2.75) is 12.0 Å². The number of amides is 1. The molecule has 0 radical (unpaired) electrons. The molecule has 8 heteroatoms. The van der Waals surface area contributed by atoms with Crippen LogP contribution in [-0.4, -0.2) is 23.6 Å². The van der Waals surface area contributed by atoms with Gasteiger partial charge in [0.05, 0.1) is 17.1 Å². The van der Waals surface area contributed by atoms with E-state index in [0.29, 0.717) is 22.2 Å². The van der Waals surface area contributed by atoms with Crippen molar-refractivity contribution in [1.82, 2.24) is 0 Å². The molecule has 4 rings (SSSR count). The molecular weight excluding hydrogens is 393 g/mol. The Labute approximate surface area is 164 Å². The first-order valence-electron chi connectivity index (χ1n) is 8.01. The zero-order valence-electron chi connectivity index (χ0n) is 13.8.